The Bertz CT molecular complexity index is 581. The van der Waals surface area contributed by atoms with Crippen molar-refractivity contribution in [2.45, 2.75) is 64.9 Å². The van der Waals surface area contributed by atoms with Crippen molar-refractivity contribution in [1.82, 2.24) is 15.3 Å². The Morgan fingerprint density at radius 2 is 1.96 bits per heavy atom. The van der Waals surface area contributed by atoms with Crippen LogP contribution in [0.2, 0.25) is 0 Å². The van der Waals surface area contributed by atoms with Crippen LogP contribution in [0.5, 0.6) is 0 Å². The molecule has 0 saturated carbocycles. The molecule has 1 rings (SSSR count). The van der Waals surface area contributed by atoms with E-state index in [4.69, 9.17) is 0 Å². The molecule has 0 aliphatic rings. The van der Waals surface area contributed by atoms with Crippen LogP contribution in [0.3, 0.4) is 0 Å². The number of hydrogen-bond acceptors (Lipinski definition) is 5. The number of carbonyl (C=O) groups is 1. The van der Waals surface area contributed by atoms with Crippen LogP contribution in [0.4, 0.5) is 0 Å². The number of aryl methyl sites for hydroxylation is 2. The quantitative estimate of drug-likeness (QED) is 0.582. The molecule has 0 aliphatic carbocycles. The van der Waals surface area contributed by atoms with Crippen molar-refractivity contribution in [3.63, 3.8) is 0 Å². The number of thioether (sulfide) groups is 1. The van der Waals surface area contributed by atoms with Crippen molar-refractivity contribution in [2.24, 2.45) is 5.92 Å². The number of amides is 1. The lowest BCUT2D eigenvalue weighted by molar-refractivity contribution is -0.119. The van der Waals surface area contributed by atoms with Crippen LogP contribution in [0.15, 0.2) is 5.03 Å². The third kappa shape index (κ3) is 7.00. The lowest BCUT2D eigenvalue weighted by Crippen LogP contribution is -2.33. The SMILES string of the molecule is Cc1nc(C)c(C#N)c(SCC(=O)NC(C)CCCC(C)C)n1. The first-order valence-electron chi connectivity index (χ1n) is 8.01. The third-order valence-electron chi connectivity index (χ3n) is 3.45. The first-order chi connectivity index (χ1) is 10.8. The molecule has 1 aromatic heterocycles. The van der Waals surface area contributed by atoms with E-state index in [1.54, 1.807) is 13.8 Å². The number of nitrogens with one attached hydrogen (secondary N) is 1. The van der Waals surface area contributed by atoms with E-state index in [2.05, 4.69) is 35.2 Å². The van der Waals surface area contributed by atoms with Crippen molar-refractivity contribution in [3.8, 4) is 6.07 Å². The molecule has 1 amide bonds. The van der Waals surface area contributed by atoms with Crippen molar-refractivity contribution in [2.75, 3.05) is 5.75 Å². The molecule has 1 unspecified atom stereocenters. The molecule has 0 saturated heterocycles. The minimum absolute atomic E-state index is 0.0233. The predicted molar refractivity (Wildman–Crippen MR) is 93.2 cm³/mol. The minimum Gasteiger partial charge on any atom is -0.353 e. The molecule has 0 bridgehead atoms. The van der Waals surface area contributed by atoms with Gasteiger partial charge in [-0.2, -0.15) is 5.26 Å². The highest BCUT2D eigenvalue weighted by Gasteiger charge is 2.13. The van der Waals surface area contributed by atoms with Gasteiger partial charge in [-0.25, -0.2) is 9.97 Å². The van der Waals surface area contributed by atoms with Crippen LogP contribution >= 0.6 is 11.8 Å². The van der Waals surface area contributed by atoms with Crippen LogP contribution in [-0.2, 0) is 4.79 Å². The third-order valence-corrected chi connectivity index (χ3v) is 4.42. The molecule has 1 atom stereocenters. The number of carbonyl (C=O) groups excluding carboxylic acids is 1. The van der Waals surface area contributed by atoms with Crippen molar-refractivity contribution >= 4 is 17.7 Å². The summed E-state index contributed by atoms with van der Waals surface area (Å²) in [7, 11) is 0. The number of rotatable bonds is 8. The fourth-order valence-electron chi connectivity index (χ4n) is 2.27. The molecular weight excluding hydrogens is 308 g/mol. The zero-order valence-electron chi connectivity index (χ0n) is 14.6. The average Bonchev–Trinajstić information content (AvgIpc) is 2.44. The van der Waals surface area contributed by atoms with Gasteiger partial charge in [-0.3, -0.25) is 4.79 Å². The molecule has 0 aromatic carbocycles. The highest BCUT2D eigenvalue weighted by molar-refractivity contribution is 8.00. The Hall–Kier alpha value is -1.61. The summed E-state index contributed by atoms with van der Waals surface area (Å²) in [6.07, 6.45) is 3.29. The smallest absolute Gasteiger partial charge is 0.230 e. The lowest BCUT2D eigenvalue weighted by atomic mass is 10.0. The van der Waals surface area contributed by atoms with E-state index in [9.17, 15) is 10.1 Å². The Kier molecular flexibility index (Phi) is 8.04. The van der Waals surface area contributed by atoms with Crippen molar-refractivity contribution in [3.05, 3.63) is 17.1 Å². The Morgan fingerprint density at radius 1 is 1.26 bits per heavy atom. The summed E-state index contributed by atoms with van der Waals surface area (Å²) in [5, 5.41) is 12.8. The monoisotopic (exact) mass is 334 g/mol. The molecule has 0 spiro atoms. The Morgan fingerprint density at radius 3 is 2.57 bits per heavy atom. The number of nitrogens with zero attached hydrogens (tertiary/aromatic N) is 3. The Balaban J connectivity index is 2.49. The van der Waals surface area contributed by atoms with E-state index in [1.165, 1.54) is 18.2 Å². The van der Waals surface area contributed by atoms with Crippen LogP contribution in [0.25, 0.3) is 0 Å². The van der Waals surface area contributed by atoms with Crippen LogP contribution in [-0.4, -0.2) is 27.7 Å². The summed E-state index contributed by atoms with van der Waals surface area (Å²) < 4.78 is 0. The highest BCUT2D eigenvalue weighted by atomic mass is 32.2. The maximum absolute atomic E-state index is 12.0. The average molecular weight is 334 g/mol. The molecule has 0 fully saturated rings. The number of hydrogen-bond donors (Lipinski definition) is 1. The van der Waals surface area contributed by atoms with Crippen LogP contribution in [0.1, 0.15) is 57.1 Å². The van der Waals surface area contributed by atoms with Crippen molar-refractivity contribution in [1.29, 1.82) is 5.26 Å². The minimum atomic E-state index is -0.0233. The second kappa shape index (κ2) is 9.51. The second-order valence-electron chi connectivity index (χ2n) is 6.23. The molecule has 23 heavy (non-hydrogen) atoms. The molecule has 126 valence electrons. The standard InChI is InChI=1S/C17H26N4OS/c1-11(2)7-6-8-12(3)19-16(22)10-23-17-15(9-18)13(4)20-14(5)21-17/h11-12H,6-8,10H2,1-5H3,(H,19,22). The van der Waals surface area contributed by atoms with Gasteiger partial charge in [-0.15, -0.1) is 0 Å². The predicted octanol–water partition coefficient (Wildman–Crippen LogP) is 3.39. The zero-order chi connectivity index (χ0) is 17.4. The van der Waals surface area contributed by atoms with Gasteiger partial charge in [0.05, 0.1) is 11.4 Å². The van der Waals surface area contributed by atoms with Gasteiger partial charge in [0.25, 0.3) is 0 Å². The van der Waals surface area contributed by atoms with Gasteiger partial charge >= 0.3 is 0 Å². The molecule has 0 radical (unpaired) electrons. The molecule has 1 N–H and O–H groups in total. The van der Waals surface area contributed by atoms with Gasteiger partial charge < -0.3 is 5.32 Å². The number of aromatic nitrogens is 2. The summed E-state index contributed by atoms with van der Waals surface area (Å²) in [6.45, 7) is 10.0. The first-order valence-corrected chi connectivity index (χ1v) is 8.99. The van der Waals surface area contributed by atoms with Crippen LogP contribution in [0, 0.1) is 31.1 Å². The molecule has 5 nitrogen and oxygen atoms in total. The fraction of sp³-hybridized carbons (Fsp3) is 0.647. The van der Waals surface area contributed by atoms with Gasteiger partial charge in [0.15, 0.2) is 0 Å². The maximum atomic E-state index is 12.0. The van der Waals surface area contributed by atoms with E-state index < -0.39 is 0 Å². The summed E-state index contributed by atoms with van der Waals surface area (Å²) in [4.78, 5) is 20.5. The zero-order valence-corrected chi connectivity index (χ0v) is 15.5. The summed E-state index contributed by atoms with van der Waals surface area (Å²) >= 11 is 1.29. The van der Waals surface area contributed by atoms with Gasteiger partial charge in [0.1, 0.15) is 22.5 Å². The number of nitriles is 1. The van der Waals surface area contributed by atoms with Crippen molar-refractivity contribution < 1.29 is 4.79 Å². The highest BCUT2D eigenvalue weighted by Crippen LogP contribution is 2.21. The van der Waals surface area contributed by atoms with Crippen LogP contribution < -0.4 is 5.32 Å². The van der Waals surface area contributed by atoms with E-state index in [-0.39, 0.29) is 17.7 Å². The van der Waals surface area contributed by atoms with E-state index in [0.717, 1.165) is 12.8 Å². The summed E-state index contributed by atoms with van der Waals surface area (Å²) in [5.41, 5.74) is 1.11. The largest absolute Gasteiger partial charge is 0.353 e. The summed E-state index contributed by atoms with van der Waals surface area (Å²) in [5.74, 6) is 1.55. The lowest BCUT2D eigenvalue weighted by Gasteiger charge is -2.14. The maximum Gasteiger partial charge on any atom is 0.230 e. The molecule has 0 aliphatic heterocycles. The first kappa shape index (κ1) is 19.4. The van der Waals surface area contributed by atoms with Gasteiger partial charge in [-0.05, 0) is 33.1 Å². The normalized spacial score (nSPS) is 12.0. The second-order valence-corrected chi connectivity index (χ2v) is 7.19. The molecule has 6 heteroatoms. The topological polar surface area (TPSA) is 78.7 Å². The van der Waals surface area contributed by atoms with E-state index in [1.807, 2.05) is 6.92 Å². The van der Waals surface area contributed by atoms with Gasteiger partial charge in [0.2, 0.25) is 5.91 Å². The van der Waals surface area contributed by atoms with E-state index in [0.29, 0.717) is 28.0 Å². The Labute approximate surface area is 143 Å². The fourth-order valence-corrected chi connectivity index (χ4v) is 3.15. The molecule has 1 heterocycles. The van der Waals surface area contributed by atoms with Gasteiger partial charge in [0, 0.05) is 6.04 Å². The molecular formula is C17H26N4OS. The molecule has 1 aromatic rings. The summed E-state index contributed by atoms with van der Waals surface area (Å²) in [6, 6.07) is 2.29. The van der Waals surface area contributed by atoms with Gasteiger partial charge in [-0.1, -0.05) is 38.5 Å². The van der Waals surface area contributed by atoms with E-state index >= 15 is 0 Å².